The zero-order chi connectivity index (χ0) is 16.7. The topological polar surface area (TPSA) is 84.9 Å². The molecule has 7 heteroatoms. The number of hydrogen-bond donors (Lipinski definition) is 2. The number of amides is 1. The zero-order valence-corrected chi connectivity index (χ0v) is 14.1. The van der Waals surface area contributed by atoms with Gasteiger partial charge in [-0.05, 0) is 53.5 Å². The van der Waals surface area contributed by atoms with Crippen LogP contribution in [0.25, 0.3) is 6.08 Å². The summed E-state index contributed by atoms with van der Waals surface area (Å²) in [4.78, 5) is 22.3. The SMILES string of the molecule is CCOc1c(Br)cc(/C=C/C(=O)N[C@H](C)C(=O)O)cc1OC. The van der Waals surface area contributed by atoms with Crippen molar-refractivity contribution >= 4 is 33.9 Å². The van der Waals surface area contributed by atoms with Gasteiger partial charge in [0, 0.05) is 6.08 Å². The Kier molecular flexibility index (Phi) is 6.91. The summed E-state index contributed by atoms with van der Waals surface area (Å²) in [5, 5.41) is 11.1. The maximum absolute atomic E-state index is 11.6. The fourth-order valence-corrected chi connectivity index (χ4v) is 2.19. The van der Waals surface area contributed by atoms with Crippen molar-refractivity contribution in [2.24, 2.45) is 0 Å². The van der Waals surface area contributed by atoms with Gasteiger partial charge in [-0.2, -0.15) is 0 Å². The Morgan fingerprint density at radius 2 is 2.14 bits per heavy atom. The second-order valence-corrected chi connectivity index (χ2v) is 5.22. The fraction of sp³-hybridized carbons (Fsp3) is 0.333. The quantitative estimate of drug-likeness (QED) is 0.719. The molecule has 1 aromatic carbocycles. The number of carboxylic acid groups (broad SMARTS) is 1. The summed E-state index contributed by atoms with van der Waals surface area (Å²) >= 11 is 3.39. The molecular weight excluding hydrogens is 354 g/mol. The van der Waals surface area contributed by atoms with Gasteiger partial charge in [0.05, 0.1) is 18.2 Å². The predicted molar refractivity (Wildman–Crippen MR) is 86.1 cm³/mol. The van der Waals surface area contributed by atoms with Gasteiger partial charge < -0.3 is 19.9 Å². The lowest BCUT2D eigenvalue weighted by Crippen LogP contribution is -2.37. The van der Waals surface area contributed by atoms with Crippen LogP contribution in [0.15, 0.2) is 22.7 Å². The van der Waals surface area contributed by atoms with Gasteiger partial charge in [0.1, 0.15) is 6.04 Å². The Hall–Kier alpha value is -2.02. The molecule has 0 aliphatic heterocycles. The molecule has 1 amide bonds. The predicted octanol–water partition coefficient (Wildman–Crippen LogP) is 2.46. The van der Waals surface area contributed by atoms with Crippen molar-refractivity contribution in [2.75, 3.05) is 13.7 Å². The first-order chi connectivity index (χ1) is 10.4. The highest BCUT2D eigenvalue weighted by molar-refractivity contribution is 9.10. The van der Waals surface area contributed by atoms with E-state index in [4.69, 9.17) is 14.6 Å². The number of carboxylic acids is 1. The number of aliphatic carboxylic acids is 1. The third-order valence-corrected chi connectivity index (χ3v) is 3.29. The van der Waals surface area contributed by atoms with Crippen molar-refractivity contribution in [1.29, 1.82) is 0 Å². The highest BCUT2D eigenvalue weighted by Crippen LogP contribution is 2.36. The first-order valence-corrected chi connectivity index (χ1v) is 7.40. The van der Waals surface area contributed by atoms with E-state index in [0.717, 1.165) is 0 Å². The molecule has 22 heavy (non-hydrogen) atoms. The van der Waals surface area contributed by atoms with E-state index in [-0.39, 0.29) is 0 Å². The molecule has 0 saturated carbocycles. The lowest BCUT2D eigenvalue weighted by molar-refractivity contribution is -0.140. The van der Waals surface area contributed by atoms with E-state index in [1.165, 1.54) is 20.1 Å². The largest absolute Gasteiger partial charge is 0.493 e. The van der Waals surface area contributed by atoms with Gasteiger partial charge in [0.2, 0.25) is 5.91 Å². The van der Waals surface area contributed by atoms with Crippen LogP contribution in [0.4, 0.5) is 0 Å². The maximum atomic E-state index is 11.6. The van der Waals surface area contributed by atoms with Crippen LogP contribution in [-0.2, 0) is 9.59 Å². The van der Waals surface area contributed by atoms with Gasteiger partial charge in [-0.3, -0.25) is 9.59 Å². The molecular formula is C15H18BrNO5. The van der Waals surface area contributed by atoms with Gasteiger partial charge in [-0.25, -0.2) is 0 Å². The van der Waals surface area contributed by atoms with Gasteiger partial charge in [0.15, 0.2) is 11.5 Å². The summed E-state index contributed by atoms with van der Waals surface area (Å²) in [7, 11) is 1.53. The molecule has 120 valence electrons. The number of ether oxygens (including phenoxy) is 2. The van der Waals surface area contributed by atoms with Crippen molar-refractivity contribution in [3.8, 4) is 11.5 Å². The number of benzene rings is 1. The first kappa shape index (κ1) is 18.0. The zero-order valence-electron chi connectivity index (χ0n) is 12.6. The van der Waals surface area contributed by atoms with E-state index in [1.54, 1.807) is 18.2 Å². The number of carbonyl (C=O) groups is 2. The Morgan fingerprint density at radius 1 is 1.45 bits per heavy atom. The van der Waals surface area contributed by atoms with E-state index in [2.05, 4.69) is 21.2 Å². The van der Waals surface area contributed by atoms with Crippen molar-refractivity contribution in [3.05, 3.63) is 28.2 Å². The Morgan fingerprint density at radius 3 is 2.68 bits per heavy atom. The Bertz CT molecular complexity index is 586. The summed E-state index contributed by atoms with van der Waals surface area (Å²) in [6.07, 6.45) is 2.83. The van der Waals surface area contributed by atoms with Crippen LogP contribution >= 0.6 is 15.9 Å². The number of methoxy groups -OCH3 is 1. The molecule has 0 spiro atoms. The molecule has 0 aliphatic carbocycles. The van der Waals surface area contributed by atoms with Gasteiger partial charge in [0.25, 0.3) is 0 Å². The molecule has 1 aromatic rings. The van der Waals surface area contributed by atoms with Crippen LogP contribution in [0.5, 0.6) is 11.5 Å². The molecule has 1 atom stereocenters. The highest BCUT2D eigenvalue weighted by Gasteiger charge is 2.13. The standard InChI is InChI=1S/C15H18BrNO5/c1-4-22-14-11(16)7-10(8-12(14)21-3)5-6-13(18)17-9(2)15(19)20/h5-9H,4H2,1-3H3,(H,17,18)(H,19,20)/b6-5+/t9-/m1/s1. The third-order valence-electron chi connectivity index (χ3n) is 2.70. The number of carbonyl (C=O) groups excluding carboxylic acids is 1. The molecule has 0 radical (unpaired) electrons. The second kappa shape index (κ2) is 8.43. The summed E-state index contributed by atoms with van der Waals surface area (Å²) in [6, 6.07) is 2.55. The molecule has 0 fully saturated rings. The molecule has 0 aliphatic rings. The van der Waals surface area contributed by atoms with E-state index in [0.29, 0.717) is 28.1 Å². The molecule has 0 aromatic heterocycles. The van der Waals surface area contributed by atoms with Crippen LogP contribution in [0.3, 0.4) is 0 Å². The van der Waals surface area contributed by atoms with Crippen LogP contribution in [0.1, 0.15) is 19.4 Å². The van der Waals surface area contributed by atoms with Crippen molar-refractivity contribution in [2.45, 2.75) is 19.9 Å². The summed E-state index contributed by atoms with van der Waals surface area (Å²) < 4.78 is 11.4. The smallest absolute Gasteiger partial charge is 0.325 e. The van der Waals surface area contributed by atoms with Crippen molar-refractivity contribution < 1.29 is 24.2 Å². The molecule has 6 nitrogen and oxygen atoms in total. The normalized spacial score (nSPS) is 12.0. The Balaban J connectivity index is 2.89. The average molecular weight is 372 g/mol. The number of rotatable bonds is 7. The maximum Gasteiger partial charge on any atom is 0.325 e. The van der Waals surface area contributed by atoms with Crippen LogP contribution in [0.2, 0.25) is 0 Å². The van der Waals surface area contributed by atoms with E-state index in [1.807, 2.05) is 6.92 Å². The van der Waals surface area contributed by atoms with E-state index >= 15 is 0 Å². The minimum absolute atomic E-state index is 0.487. The second-order valence-electron chi connectivity index (χ2n) is 4.37. The molecule has 0 saturated heterocycles. The summed E-state index contributed by atoms with van der Waals surface area (Å²) in [5.74, 6) is -0.451. The van der Waals surface area contributed by atoms with E-state index < -0.39 is 17.9 Å². The van der Waals surface area contributed by atoms with Gasteiger partial charge in [-0.1, -0.05) is 0 Å². The Labute approximate surface area is 137 Å². The highest BCUT2D eigenvalue weighted by atomic mass is 79.9. The fourth-order valence-electron chi connectivity index (χ4n) is 1.62. The number of hydrogen-bond acceptors (Lipinski definition) is 4. The van der Waals surface area contributed by atoms with Crippen molar-refractivity contribution in [1.82, 2.24) is 5.32 Å². The minimum Gasteiger partial charge on any atom is -0.493 e. The third kappa shape index (κ3) is 5.07. The average Bonchev–Trinajstić information content (AvgIpc) is 2.47. The lowest BCUT2D eigenvalue weighted by atomic mass is 10.2. The molecule has 0 unspecified atom stereocenters. The molecule has 0 bridgehead atoms. The summed E-state index contributed by atoms with van der Waals surface area (Å²) in [5.41, 5.74) is 0.713. The van der Waals surface area contributed by atoms with Crippen LogP contribution < -0.4 is 14.8 Å². The van der Waals surface area contributed by atoms with Crippen LogP contribution in [-0.4, -0.2) is 36.7 Å². The molecule has 0 heterocycles. The molecule has 2 N–H and O–H groups in total. The van der Waals surface area contributed by atoms with Crippen molar-refractivity contribution in [3.63, 3.8) is 0 Å². The van der Waals surface area contributed by atoms with Gasteiger partial charge in [-0.15, -0.1) is 0 Å². The van der Waals surface area contributed by atoms with Crippen LogP contribution in [0, 0.1) is 0 Å². The first-order valence-electron chi connectivity index (χ1n) is 6.60. The number of nitrogens with one attached hydrogen (secondary N) is 1. The van der Waals surface area contributed by atoms with E-state index in [9.17, 15) is 9.59 Å². The number of halogens is 1. The van der Waals surface area contributed by atoms with Gasteiger partial charge >= 0.3 is 5.97 Å². The molecule has 1 rings (SSSR count). The monoisotopic (exact) mass is 371 g/mol. The lowest BCUT2D eigenvalue weighted by Gasteiger charge is -2.12. The minimum atomic E-state index is -1.09. The summed E-state index contributed by atoms with van der Waals surface area (Å²) in [6.45, 7) is 3.76.